The zero-order chi connectivity index (χ0) is 26.1. The molecule has 3 aromatic carbocycles. The van der Waals surface area contributed by atoms with Gasteiger partial charge in [0.15, 0.2) is 5.96 Å². The highest BCUT2D eigenvalue weighted by atomic mass is 35.5. The van der Waals surface area contributed by atoms with Crippen LogP contribution in [-0.4, -0.2) is 52.3 Å². The Morgan fingerprint density at radius 2 is 1.41 bits per heavy atom. The van der Waals surface area contributed by atoms with E-state index in [2.05, 4.69) is 0 Å². The quantitative estimate of drug-likeness (QED) is 0.225. The highest BCUT2D eigenvalue weighted by molar-refractivity contribution is 5.92. The molecule has 3 rings (SSSR count). The molecule has 0 radical (unpaired) electrons. The van der Waals surface area contributed by atoms with Crippen LogP contribution < -0.4 is 11.5 Å². The number of amides is 2. The summed E-state index contributed by atoms with van der Waals surface area (Å²) in [6, 6.07) is 24.6. The van der Waals surface area contributed by atoms with Crippen molar-refractivity contribution in [2.24, 2.45) is 11.5 Å². The molecule has 2 amide bonds. The maximum atomic E-state index is 14.3. The number of hydrogen-bond donors (Lipinski definition) is 4. The second kappa shape index (κ2) is 13.9. The summed E-state index contributed by atoms with van der Waals surface area (Å²) in [5.41, 5.74) is 13.8. The fraction of sp³-hybridized carbons (Fsp3) is 0.250. The van der Waals surface area contributed by atoms with Gasteiger partial charge in [-0.3, -0.25) is 15.0 Å². The number of guanidine groups is 1. The van der Waals surface area contributed by atoms with Gasteiger partial charge in [-0.05, 0) is 41.7 Å². The van der Waals surface area contributed by atoms with Crippen molar-refractivity contribution in [2.75, 3.05) is 13.6 Å². The first-order valence-electron chi connectivity index (χ1n) is 11.8. The number of aromatic hydroxyl groups is 1. The molecule has 196 valence electrons. The van der Waals surface area contributed by atoms with Crippen LogP contribution in [0.25, 0.3) is 0 Å². The van der Waals surface area contributed by atoms with Gasteiger partial charge >= 0.3 is 0 Å². The van der Waals surface area contributed by atoms with Gasteiger partial charge in [0.2, 0.25) is 11.8 Å². The first kappa shape index (κ1) is 29.2. The summed E-state index contributed by atoms with van der Waals surface area (Å²) >= 11 is 0. The van der Waals surface area contributed by atoms with Gasteiger partial charge < -0.3 is 26.4 Å². The van der Waals surface area contributed by atoms with Crippen LogP contribution in [0.1, 0.15) is 35.4 Å². The number of nitrogens with one attached hydrogen (secondary N) is 1. The van der Waals surface area contributed by atoms with Gasteiger partial charge in [0, 0.05) is 20.1 Å². The molecule has 0 heterocycles. The Morgan fingerprint density at radius 3 is 1.86 bits per heavy atom. The molecule has 6 N–H and O–H groups in total. The monoisotopic (exact) mass is 523 g/mol. The summed E-state index contributed by atoms with van der Waals surface area (Å²) in [6.07, 6.45) is 0.817. The highest BCUT2D eigenvalue weighted by Crippen LogP contribution is 2.29. The van der Waals surface area contributed by atoms with E-state index in [1.54, 1.807) is 36.2 Å². The van der Waals surface area contributed by atoms with Crippen molar-refractivity contribution in [3.8, 4) is 5.75 Å². The number of carbonyl (C=O) groups is 2. The van der Waals surface area contributed by atoms with E-state index in [0.717, 1.165) is 16.7 Å². The molecule has 0 aromatic heterocycles. The molecule has 0 saturated heterocycles. The van der Waals surface area contributed by atoms with Crippen LogP contribution in [0.2, 0.25) is 0 Å². The van der Waals surface area contributed by atoms with E-state index in [9.17, 15) is 14.7 Å². The summed E-state index contributed by atoms with van der Waals surface area (Å²) in [4.78, 5) is 30.1. The van der Waals surface area contributed by atoms with Crippen molar-refractivity contribution in [1.29, 1.82) is 5.41 Å². The molecule has 1 atom stereocenters. The van der Waals surface area contributed by atoms with Crippen LogP contribution in [-0.2, 0) is 16.1 Å². The minimum absolute atomic E-state index is 0. The van der Waals surface area contributed by atoms with Crippen molar-refractivity contribution >= 4 is 30.2 Å². The molecule has 0 saturated carbocycles. The Kier molecular flexibility index (Phi) is 11.0. The second-order valence-electron chi connectivity index (χ2n) is 8.75. The number of nitrogens with two attached hydrogens (primary N) is 2. The van der Waals surface area contributed by atoms with Gasteiger partial charge in [0.05, 0.1) is 5.92 Å². The molecule has 0 unspecified atom stereocenters. The Hall–Kier alpha value is -4.04. The van der Waals surface area contributed by atoms with Gasteiger partial charge in [-0.15, -0.1) is 12.4 Å². The molecule has 37 heavy (non-hydrogen) atoms. The van der Waals surface area contributed by atoms with E-state index in [4.69, 9.17) is 16.9 Å². The number of nitrogens with zero attached hydrogens (tertiary/aromatic N) is 2. The lowest BCUT2D eigenvalue weighted by atomic mass is 9.89. The van der Waals surface area contributed by atoms with Gasteiger partial charge in [0.25, 0.3) is 0 Å². The minimum Gasteiger partial charge on any atom is -0.508 e. The highest BCUT2D eigenvalue weighted by Gasteiger charge is 2.34. The Balaban J connectivity index is 0.00000481. The first-order valence-corrected chi connectivity index (χ1v) is 11.8. The van der Waals surface area contributed by atoms with Gasteiger partial charge in [-0.2, -0.15) is 0 Å². The van der Waals surface area contributed by atoms with Crippen LogP contribution in [0.5, 0.6) is 5.75 Å². The second-order valence-corrected chi connectivity index (χ2v) is 8.75. The smallest absolute Gasteiger partial charge is 0.240 e. The summed E-state index contributed by atoms with van der Waals surface area (Å²) in [5, 5.41) is 17.3. The number of hydrogen-bond acceptors (Lipinski definition) is 4. The molecule has 9 heteroatoms. The lowest BCUT2D eigenvalue weighted by molar-refractivity contribution is -0.141. The fourth-order valence-electron chi connectivity index (χ4n) is 4.17. The molecular formula is C28H34ClN5O3. The summed E-state index contributed by atoms with van der Waals surface area (Å²) in [6.45, 7) is 0.590. The van der Waals surface area contributed by atoms with Crippen molar-refractivity contribution in [3.05, 3.63) is 102 Å². The molecular weight excluding hydrogens is 490 g/mol. The van der Waals surface area contributed by atoms with Crippen LogP contribution in [0.4, 0.5) is 0 Å². The molecule has 0 spiro atoms. The number of rotatable bonds is 11. The zero-order valence-corrected chi connectivity index (χ0v) is 21.6. The van der Waals surface area contributed by atoms with E-state index in [1.807, 2.05) is 60.7 Å². The fourth-order valence-corrected chi connectivity index (χ4v) is 4.17. The Bertz CT molecular complexity index is 1120. The maximum absolute atomic E-state index is 14.3. The average molecular weight is 524 g/mol. The number of phenolic OH excluding ortho intramolecular Hbond substituents is 1. The van der Waals surface area contributed by atoms with E-state index in [-0.39, 0.29) is 36.6 Å². The summed E-state index contributed by atoms with van der Waals surface area (Å²) in [7, 11) is 1.70. The topological polar surface area (TPSA) is 137 Å². The van der Waals surface area contributed by atoms with Crippen molar-refractivity contribution < 1.29 is 14.7 Å². The predicted molar refractivity (Wildman–Crippen MR) is 147 cm³/mol. The standard InChI is InChI=1S/C28H33N5O3.ClH/c1-32(28(30)31)18-8-13-24(26(29)35)33(19-20-14-16-23(34)17-15-20)27(36)25(21-9-4-2-5-10-21)22-11-6-3-7-12-22;/h2-7,9-12,14-17,24-25,34H,8,13,18-19H2,1H3,(H2,29,35)(H3,30,31);1H/t24-;/m1./s1. The van der Waals surface area contributed by atoms with Gasteiger partial charge in [-0.25, -0.2) is 0 Å². The molecule has 3 aromatic rings. The van der Waals surface area contributed by atoms with Crippen LogP contribution in [0.15, 0.2) is 84.9 Å². The van der Waals surface area contributed by atoms with Crippen LogP contribution >= 0.6 is 12.4 Å². The van der Waals surface area contributed by atoms with Crippen molar-refractivity contribution in [3.63, 3.8) is 0 Å². The van der Waals surface area contributed by atoms with E-state index < -0.39 is 17.9 Å². The minimum atomic E-state index is -0.874. The Morgan fingerprint density at radius 1 is 0.892 bits per heavy atom. The largest absolute Gasteiger partial charge is 0.508 e. The number of primary amides is 1. The van der Waals surface area contributed by atoms with E-state index >= 15 is 0 Å². The number of carbonyl (C=O) groups excluding carboxylic acids is 2. The van der Waals surface area contributed by atoms with Crippen molar-refractivity contribution in [1.82, 2.24) is 9.80 Å². The first-order chi connectivity index (χ1) is 17.3. The molecule has 0 aliphatic heterocycles. The average Bonchev–Trinajstić information content (AvgIpc) is 2.87. The molecule has 0 aliphatic rings. The van der Waals surface area contributed by atoms with E-state index in [1.165, 1.54) is 4.90 Å². The lowest BCUT2D eigenvalue weighted by Crippen LogP contribution is -2.49. The van der Waals surface area contributed by atoms with Crippen LogP contribution in [0.3, 0.4) is 0 Å². The lowest BCUT2D eigenvalue weighted by Gasteiger charge is -2.34. The van der Waals surface area contributed by atoms with Crippen molar-refractivity contribution in [2.45, 2.75) is 31.3 Å². The zero-order valence-electron chi connectivity index (χ0n) is 20.8. The predicted octanol–water partition coefficient (Wildman–Crippen LogP) is 3.43. The normalized spacial score (nSPS) is 11.3. The van der Waals surface area contributed by atoms with Crippen LogP contribution in [0, 0.1) is 5.41 Å². The molecule has 0 aliphatic carbocycles. The molecule has 8 nitrogen and oxygen atoms in total. The SMILES string of the molecule is CN(CCC[C@H](C(N)=O)N(Cc1ccc(O)cc1)C(=O)C(c1ccccc1)c1ccccc1)C(=N)N.Cl. The maximum Gasteiger partial charge on any atom is 0.240 e. The third-order valence-electron chi connectivity index (χ3n) is 6.17. The number of halogens is 1. The number of phenols is 1. The molecule has 0 fully saturated rings. The van der Waals surface area contributed by atoms with Gasteiger partial charge in [0.1, 0.15) is 11.8 Å². The third-order valence-corrected chi connectivity index (χ3v) is 6.17. The Labute approximate surface area is 223 Å². The summed E-state index contributed by atoms with van der Waals surface area (Å²) < 4.78 is 0. The van der Waals surface area contributed by atoms with Gasteiger partial charge in [-0.1, -0.05) is 72.8 Å². The third kappa shape index (κ3) is 7.98. The number of benzene rings is 3. The molecule has 0 bridgehead atoms. The summed E-state index contributed by atoms with van der Waals surface area (Å²) in [5.74, 6) is -1.44. The van der Waals surface area contributed by atoms with E-state index in [0.29, 0.717) is 19.4 Å².